The minimum atomic E-state index is -0.0955. The number of benzene rings is 1. The average molecular weight is 305 g/mol. The third-order valence-corrected chi connectivity index (χ3v) is 4.08. The first kappa shape index (κ1) is 13.9. The SMILES string of the molecule is Cc1nn(C)c2c1CCN(C(=O)Nc1ccc(Cl)cc1)C2. The molecule has 0 saturated heterocycles. The summed E-state index contributed by atoms with van der Waals surface area (Å²) in [6.45, 7) is 3.31. The molecule has 110 valence electrons. The zero-order valence-corrected chi connectivity index (χ0v) is 12.8. The standard InChI is InChI=1S/C15H17ClN4O/c1-10-13-7-8-20(9-14(13)19(2)18-10)15(21)17-12-5-3-11(16)4-6-12/h3-6H,7-9H2,1-2H3,(H,17,21). The lowest BCUT2D eigenvalue weighted by Gasteiger charge is -2.27. The second-order valence-electron chi connectivity index (χ2n) is 5.24. The maximum absolute atomic E-state index is 12.3. The van der Waals surface area contributed by atoms with E-state index in [1.54, 1.807) is 29.2 Å². The number of nitrogens with zero attached hydrogens (tertiary/aromatic N) is 3. The Morgan fingerprint density at radius 3 is 2.76 bits per heavy atom. The molecule has 1 N–H and O–H groups in total. The Labute approximate surface area is 128 Å². The lowest BCUT2D eigenvalue weighted by Crippen LogP contribution is -2.39. The van der Waals surface area contributed by atoms with Crippen molar-refractivity contribution < 1.29 is 4.79 Å². The van der Waals surface area contributed by atoms with Gasteiger partial charge in [0, 0.05) is 24.3 Å². The molecule has 1 aromatic carbocycles. The molecule has 1 aliphatic rings. The van der Waals surface area contributed by atoms with Crippen molar-refractivity contribution in [3.05, 3.63) is 46.2 Å². The van der Waals surface area contributed by atoms with Crippen LogP contribution in [-0.4, -0.2) is 27.3 Å². The molecule has 21 heavy (non-hydrogen) atoms. The van der Waals surface area contributed by atoms with Gasteiger partial charge < -0.3 is 10.2 Å². The number of anilines is 1. The summed E-state index contributed by atoms with van der Waals surface area (Å²) < 4.78 is 1.87. The van der Waals surface area contributed by atoms with Crippen LogP contribution in [0.25, 0.3) is 0 Å². The molecule has 1 aliphatic heterocycles. The van der Waals surface area contributed by atoms with Crippen LogP contribution in [0, 0.1) is 6.92 Å². The van der Waals surface area contributed by atoms with Crippen LogP contribution in [-0.2, 0) is 20.0 Å². The molecule has 0 unspecified atom stereocenters. The average Bonchev–Trinajstić information content (AvgIpc) is 2.76. The van der Waals surface area contributed by atoms with Crippen LogP contribution in [0.5, 0.6) is 0 Å². The van der Waals surface area contributed by atoms with E-state index in [2.05, 4.69) is 10.4 Å². The summed E-state index contributed by atoms with van der Waals surface area (Å²) in [6, 6.07) is 7.02. The van der Waals surface area contributed by atoms with Gasteiger partial charge >= 0.3 is 6.03 Å². The number of aromatic nitrogens is 2. The van der Waals surface area contributed by atoms with Crippen molar-refractivity contribution >= 4 is 23.3 Å². The number of halogens is 1. The maximum Gasteiger partial charge on any atom is 0.322 e. The smallest absolute Gasteiger partial charge is 0.318 e. The minimum Gasteiger partial charge on any atom is -0.318 e. The van der Waals surface area contributed by atoms with E-state index in [0.717, 1.165) is 23.5 Å². The van der Waals surface area contributed by atoms with Gasteiger partial charge in [0.15, 0.2) is 0 Å². The lowest BCUT2D eigenvalue weighted by molar-refractivity contribution is 0.204. The van der Waals surface area contributed by atoms with Crippen molar-refractivity contribution in [3.63, 3.8) is 0 Å². The van der Waals surface area contributed by atoms with Gasteiger partial charge in [0.25, 0.3) is 0 Å². The summed E-state index contributed by atoms with van der Waals surface area (Å²) in [5.41, 5.74) is 4.19. The second kappa shape index (κ2) is 5.41. The first-order chi connectivity index (χ1) is 10.0. The van der Waals surface area contributed by atoms with Gasteiger partial charge in [0.2, 0.25) is 0 Å². The van der Waals surface area contributed by atoms with E-state index in [1.165, 1.54) is 5.56 Å². The molecule has 0 fully saturated rings. The van der Waals surface area contributed by atoms with Crippen molar-refractivity contribution in [1.82, 2.24) is 14.7 Å². The van der Waals surface area contributed by atoms with E-state index in [9.17, 15) is 4.79 Å². The molecule has 0 radical (unpaired) electrons. The third-order valence-electron chi connectivity index (χ3n) is 3.83. The molecule has 2 heterocycles. The molecule has 3 rings (SSSR count). The summed E-state index contributed by atoms with van der Waals surface area (Å²) in [5, 5.41) is 7.97. The lowest BCUT2D eigenvalue weighted by atomic mass is 10.1. The number of aryl methyl sites for hydroxylation is 2. The van der Waals surface area contributed by atoms with Gasteiger partial charge in [0.05, 0.1) is 17.9 Å². The van der Waals surface area contributed by atoms with Crippen molar-refractivity contribution in [1.29, 1.82) is 0 Å². The largest absolute Gasteiger partial charge is 0.322 e. The van der Waals surface area contributed by atoms with Crippen LogP contribution < -0.4 is 5.32 Å². The molecule has 0 atom stereocenters. The highest BCUT2D eigenvalue weighted by atomic mass is 35.5. The van der Waals surface area contributed by atoms with Gasteiger partial charge in [-0.2, -0.15) is 5.10 Å². The van der Waals surface area contributed by atoms with Crippen molar-refractivity contribution in [3.8, 4) is 0 Å². The van der Waals surface area contributed by atoms with Gasteiger partial charge in [-0.1, -0.05) is 11.6 Å². The van der Waals surface area contributed by atoms with Crippen LogP contribution in [0.15, 0.2) is 24.3 Å². The summed E-state index contributed by atoms with van der Waals surface area (Å²) in [4.78, 5) is 14.1. The van der Waals surface area contributed by atoms with E-state index >= 15 is 0 Å². The Morgan fingerprint density at radius 2 is 2.05 bits per heavy atom. The van der Waals surface area contributed by atoms with Crippen molar-refractivity contribution in [2.45, 2.75) is 19.9 Å². The fourth-order valence-corrected chi connectivity index (χ4v) is 2.81. The Kier molecular flexibility index (Phi) is 3.59. The zero-order chi connectivity index (χ0) is 15.0. The van der Waals surface area contributed by atoms with E-state index in [-0.39, 0.29) is 6.03 Å². The summed E-state index contributed by atoms with van der Waals surface area (Å²) in [7, 11) is 1.92. The Bertz CT molecular complexity index is 678. The molecule has 0 aliphatic carbocycles. The van der Waals surface area contributed by atoms with Crippen molar-refractivity contribution in [2.75, 3.05) is 11.9 Å². The maximum atomic E-state index is 12.3. The number of carbonyl (C=O) groups excluding carboxylic acids is 1. The Hall–Kier alpha value is -2.01. The van der Waals surface area contributed by atoms with E-state index in [1.807, 2.05) is 18.7 Å². The van der Waals surface area contributed by atoms with Crippen LogP contribution in [0.1, 0.15) is 17.0 Å². The molecular weight excluding hydrogens is 288 g/mol. The number of fused-ring (bicyclic) bond motifs is 1. The van der Waals surface area contributed by atoms with E-state index < -0.39 is 0 Å². The number of amides is 2. The molecule has 0 bridgehead atoms. The molecule has 5 nitrogen and oxygen atoms in total. The Morgan fingerprint density at radius 1 is 1.33 bits per heavy atom. The van der Waals surface area contributed by atoms with E-state index in [4.69, 9.17) is 11.6 Å². The van der Waals surface area contributed by atoms with Crippen LogP contribution in [0.3, 0.4) is 0 Å². The summed E-state index contributed by atoms with van der Waals surface area (Å²) in [5.74, 6) is 0. The molecule has 0 spiro atoms. The fraction of sp³-hybridized carbons (Fsp3) is 0.333. The predicted molar refractivity (Wildman–Crippen MR) is 82.5 cm³/mol. The first-order valence-corrected chi connectivity index (χ1v) is 7.25. The van der Waals surface area contributed by atoms with Crippen LogP contribution >= 0.6 is 11.6 Å². The van der Waals surface area contributed by atoms with Crippen LogP contribution in [0.4, 0.5) is 10.5 Å². The molecule has 1 aromatic heterocycles. The summed E-state index contributed by atoms with van der Waals surface area (Å²) >= 11 is 5.84. The normalized spacial score (nSPS) is 14.0. The molecule has 0 saturated carbocycles. The predicted octanol–water partition coefficient (Wildman–Crippen LogP) is 2.97. The quantitative estimate of drug-likeness (QED) is 0.880. The molecule has 2 amide bonds. The second-order valence-corrected chi connectivity index (χ2v) is 5.68. The number of carbonyl (C=O) groups is 1. The highest BCUT2D eigenvalue weighted by Gasteiger charge is 2.25. The fourth-order valence-electron chi connectivity index (χ4n) is 2.69. The monoisotopic (exact) mass is 304 g/mol. The highest BCUT2D eigenvalue weighted by Crippen LogP contribution is 2.22. The molecule has 2 aromatic rings. The van der Waals surface area contributed by atoms with Gasteiger partial charge in [-0.25, -0.2) is 4.79 Å². The van der Waals surface area contributed by atoms with Gasteiger partial charge in [-0.05, 0) is 43.2 Å². The Balaban J connectivity index is 1.72. The third kappa shape index (κ3) is 2.74. The van der Waals surface area contributed by atoms with Crippen LogP contribution in [0.2, 0.25) is 5.02 Å². The number of rotatable bonds is 1. The van der Waals surface area contributed by atoms with Gasteiger partial charge in [-0.15, -0.1) is 0 Å². The minimum absolute atomic E-state index is 0.0955. The highest BCUT2D eigenvalue weighted by molar-refractivity contribution is 6.30. The molecule has 6 heteroatoms. The van der Waals surface area contributed by atoms with E-state index in [0.29, 0.717) is 18.1 Å². The van der Waals surface area contributed by atoms with Gasteiger partial charge in [-0.3, -0.25) is 4.68 Å². The van der Waals surface area contributed by atoms with Crippen molar-refractivity contribution in [2.24, 2.45) is 7.05 Å². The number of hydrogen-bond donors (Lipinski definition) is 1. The number of nitrogens with one attached hydrogen (secondary N) is 1. The summed E-state index contributed by atoms with van der Waals surface area (Å²) in [6.07, 6.45) is 0.850. The number of hydrogen-bond acceptors (Lipinski definition) is 2. The first-order valence-electron chi connectivity index (χ1n) is 6.87. The van der Waals surface area contributed by atoms with Gasteiger partial charge in [0.1, 0.15) is 0 Å². The topological polar surface area (TPSA) is 50.2 Å². The number of urea groups is 1. The molecular formula is C15H17ClN4O. The zero-order valence-electron chi connectivity index (χ0n) is 12.1.